The van der Waals surface area contributed by atoms with Crippen LogP contribution in [-0.4, -0.2) is 23.0 Å². The Morgan fingerprint density at radius 3 is 2.37 bits per heavy atom. The average molecular weight is 358 g/mol. The van der Waals surface area contributed by atoms with Gasteiger partial charge in [0.25, 0.3) is 11.8 Å². The van der Waals surface area contributed by atoms with E-state index in [1.54, 1.807) is 42.6 Å². The van der Waals surface area contributed by atoms with Crippen LogP contribution in [0.4, 0.5) is 5.69 Å². The van der Waals surface area contributed by atoms with E-state index in [0.29, 0.717) is 16.8 Å². The molecule has 1 heterocycles. The van der Waals surface area contributed by atoms with E-state index in [1.807, 2.05) is 31.2 Å². The first-order chi connectivity index (χ1) is 13.1. The van der Waals surface area contributed by atoms with Gasteiger partial charge in [0.2, 0.25) is 0 Å². The summed E-state index contributed by atoms with van der Waals surface area (Å²) < 4.78 is 0. The number of hydrogen-bond acceptors (Lipinski definition) is 4. The van der Waals surface area contributed by atoms with Crippen LogP contribution in [0.5, 0.6) is 0 Å². The molecular formula is C21H18N4O2. The van der Waals surface area contributed by atoms with Crippen LogP contribution in [0.1, 0.15) is 31.8 Å². The third kappa shape index (κ3) is 4.85. The van der Waals surface area contributed by atoms with Gasteiger partial charge in [0.05, 0.1) is 17.5 Å². The van der Waals surface area contributed by atoms with E-state index in [-0.39, 0.29) is 5.91 Å². The molecule has 3 aromatic rings. The van der Waals surface area contributed by atoms with Crippen LogP contribution in [0.15, 0.2) is 78.2 Å². The lowest BCUT2D eigenvalue weighted by Gasteiger charge is -2.09. The molecule has 6 heteroatoms. The molecular weight excluding hydrogens is 340 g/mol. The predicted octanol–water partition coefficient (Wildman–Crippen LogP) is 3.41. The van der Waals surface area contributed by atoms with E-state index in [4.69, 9.17) is 0 Å². The number of aryl methyl sites for hydroxylation is 1. The molecule has 0 atom stereocenters. The summed E-state index contributed by atoms with van der Waals surface area (Å²) in [7, 11) is 0. The number of anilines is 1. The highest BCUT2D eigenvalue weighted by Gasteiger charge is 2.13. The number of hydrazone groups is 1. The largest absolute Gasteiger partial charge is 0.321 e. The summed E-state index contributed by atoms with van der Waals surface area (Å²) >= 11 is 0. The van der Waals surface area contributed by atoms with E-state index >= 15 is 0 Å². The molecule has 2 amide bonds. The lowest BCUT2D eigenvalue weighted by molar-refractivity contribution is 0.0956. The molecule has 0 aliphatic carbocycles. The van der Waals surface area contributed by atoms with Crippen molar-refractivity contribution < 1.29 is 9.59 Å². The van der Waals surface area contributed by atoms with Crippen molar-refractivity contribution >= 4 is 23.7 Å². The number of amides is 2. The van der Waals surface area contributed by atoms with Crippen LogP contribution in [0.3, 0.4) is 0 Å². The highest BCUT2D eigenvalue weighted by Crippen LogP contribution is 2.16. The van der Waals surface area contributed by atoms with Gasteiger partial charge in [0.1, 0.15) is 0 Å². The summed E-state index contributed by atoms with van der Waals surface area (Å²) in [5.74, 6) is -0.732. The van der Waals surface area contributed by atoms with E-state index < -0.39 is 5.91 Å². The summed E-state index contributed by atoms with van der Waals surface area (Å²) in [5.41, 5.74) is 5.69. The van der Waals surface area contributed by atoms with Crippen molar-refractivity contribution in [3.63, 3.8) is 0 Å². The molecule has 0 fully saturated rings. The molecule has 0 bridgehead atoms. The van der Waals surface area contributed by atoms with E-state index in [0.717, 1.165) is 11.1 Å². The third-order valence-electron chi connectivity index (χ3n) is 3.82. The number of para-hydroxylation sites is 1. The van der Waals surface area contributed by atoms with Gasteiger partial charge in [-0.15, -0.1) is 0 Å². The maximum absolute atomic E-state index is 12.4. The van der Waals surface area contributed by atoms with Crippen molar-refractivity contribution in [1.82, 2.24) is 10.4 Å². The number of carbonyl (C=O) groups excluding carboxylic acids is 2. The van der Waals surface area contributed by atoms with Gasteiger partial charge >= 0.3 is 0 Å². The molecule has 0 saturated carbocycles. The van der Waals surface area contributed by atoms with E-state index in [1.165, 1.54) is 12.4 Å². The second-order valence-electron chi connectivity index (χ2n) is 5.85. The smallest absolute Gasteiger partial charge is 0.273 e. The topological polar surface area (TPSA) is 83.5 Å². The number of hydrogen-bond donors (Lipinski definition) is 2. The van der Waals surface area contributed by atoms with Gasteiger partial charge < -0.3 is 5.32 Å². The number of rotatable bonds is 5. The zero-order valence-electron chi connectivity index (χ0n) is 14.7. The fourth-order valence-corrected chi connectivity index (χ4v) is 2.37. The van der Waals surface area contributed by atoms with Crippen molar-refractivity contribution in [3.8, 4) is 0 Å². The summed E-state index contributed by atoms with van der Waals surface area (Å²) in [6, 6.07) is 17.7. The Morgan fingerprint density at radius 2 is 1.63 bits per heavy atom. The van der Waals surface area contributed by atoms with Crippen molar-refractivity contribution in [2.24, 2.45) is 5.10 Å². The zero-order chi connectivity index (χ0) is 19.1. The first-order valence-corrected chi connectivity index (χ1v) is 8.34. The number of benzene rings is 2. The Morgan fingerprint density at radius 1 is 0.926 bits per heavy atom. The predicted molar refractivity (Wildman–Crippen MR) is 105 cm³/mol. The molecule has 0 spiro atoms. The van der Waals surface area contributed by atoms with Crippen LogP contribution in [-0.2, 0) is 0 Å². The average Bonchev–Trinajstić information content (AvgIpc) is 2.70. The third-order valence-corrected chi connectivity index (χ3v) is 3.82. The zero-order valence-corrected chi connectivity index (χ0v) is 14.7. The van der Waals surface area contributed by atoms with Crippen LogP contribution >= 0.6 is 0 Å². The van der Waals surface area contributed by atoms with Crippen LogP contribution in [0.2, 0.25) is 0 Å². The second-order valence-corrected chi connectivity index (χ2v) is 5.85. The Kier molecular flexibility index (Phi) is 5.69. The normalized spacial score (nSPS) is 10.6. The quantitative estimate of drug-likeness (QED) is 0.541. The van der Waals surface area contributed by atoms with E-state index in [2.05, 4.69) is 20.8 Å². The number of nitrogens with one attached hydrogen (secondary N) is 2. The lowest BCUT2D eigenvalue weighted by Crippen LogP contribution is -2.21. The lowest BCUT2D eigenvalue weighted by atomic mass is 10.1. The van der Waals surface area contributed by atoms with Crippen LogP contribution in [0, 0.1) is 6.92 Å². The molecule has 2 aromatic carbocycles. The van der Waals surface area contributed by atoms with Crippen molar-refractivity contribution in [2.45, 2.75) is 6.92 Å². The summed E-state index contributed by atoms with van der Waals surface area (Å²) in [6.45, 7) is 2.00. The molecule has 0 radical (unpaired) electrons. The molecule has 134 valence electrons. The maximum atomic E-state index is 12.4. The molecule has 0 saturated heterocycles. The highest BCUT2D eigenvalue weighted by atomic mass is 16.2. The number of aromatic nitrogens is 1. The number of carbonyl (C=O) groups is 2. The first-order valence-electron chi connectivity index (χ1n) is 8.34. The standard InChI is InChI=1S/C21H18N4O2/c1-15-6-8-16(9-7-15)14-23-25-21(27)18-4-2-3-5-19(18)24-20(26)17-10-12-22-13-11-17/h2-14H,1H3,(H,24,26)(H,25,27)/b23-14+. The Balaban J connectivity index is 1.70. The number of pyridine rings is 1. The molecule has 6 nitrogen and oxygen atoms in total. The minimum Gasteiger partial charge on any atom is -0.321 e. The Hall–Kier alpha value is -3.80. The van der Waals surface area contributed by atoms with Gasteiger partial charge in [-0.3, -0.25) is 14.6 Å². The second kappa shape index (κ2) is 8.53. The van der Waals surface area contributed by atoms with Gasteiger partial charge in [-0.1, -0.05) is 42.0 Å². The molecule has 1 aromatic heterocycles. The van der Waals surface area contributed by atoms with Crippen molar-refractivity contribution in [3.05, 3.63) is 95.3 Å². The Labute approximate surface area is 157 Å². The van der Waals surface area contributed by atoms with Gasteiger partial charge in [0.15, 0.2) is 0 Å². The van der Waals surface area contributed by atoms with Gasteiger partial charge in [-0.2, -0.15) is 5.10 Å². The number of nitrogens with zero attached hydrogens (tertiary/aromatic N) is 2. The maximum Gasteiger partial charge on any atom is 0.273 e. The molecule has 3 rings (SSSR count). The van der Waals surface area contributed by atoms with Crippen molar-refractivity contribution in [1.29, 1.82) is 0 Å². The molecule has 0 aliphatic heterocycles. The molecule has 0 unspecified atom stereocenters. The van der Waals surface area contributed by atoms with Gasteiger partial charge in [-0.05, 0) is 36.8 Å². The highest BCUT2D eigenvalue weighted by molar-refractivity contribution is 6.09. The summed E-state index contributed by atoms with van der Waals surface area (Å²) in [4.78, 5) is 28.6. The van der Waals surface area contributed by atoms with Gasteiger partial charge in [-0.25, -0.2) is 5.43 Å². The van der Waals surface area contributed by atoms with Crippen LogP contribution < -0.4 is 10.7 Å². The SMILES string of the molecule is Cc1ccc(/C=N/NC(=O)c2ccccc2NC(=O)c2ccncc2)cc1. The Bertz CT molecular complexity index is 967. The molecule has 2 N–H and O–H groups in total. The summed E-state index contributed by atoms with van der Waals surface area (Å²) in [6.07, 6.45) is 4.64. The fraction of sp³-hybridized carbons (Fsp3) is 0.0476. The van der Waals surface area contributed by atoms with Gasteiger partial charge in [0, 0.05) is 18.0 Å². The first kappa shape index (κ1) is 18.0. The minimum absolute atomic E-state index is 0.319. The van der Waals surface area contributed by atoms with Crippen molar-refractivity contribution in [2.75, 3.05) is 5.32 Å². The fourth-order valence-electron chi connectivity index (χ4n) is 2.37. The monoisotopic (exact) mass is 358 g/mol. The summed E-state index contributed by atoms with van der Waals surface area (Å²) in [5, 5.41) is 6.72. The van der Waals surface area contributed by atoms with Crippen LogP contribution in [0.25, 0.3) is 0 Å². The minimum atomic E-state index is -0.413. The van der Waals surface area contributed by atoms with E-state index in [9.17, 15) is 9.59 Å². The molecule has 27 heavy (non-hydrogen) atoms. The molecule has 0 aliphatic rings.